The lowest BCUT2D eigenvalue weighted by atomic mass is 10.0. The molecule has 1 aliphatic heterocycles. The van der Waals surface area contributed by atoms with Crippen molar-refractivity contribution in [3.05, 3.63) is 94.0 Å². The molecule has 134 valence electrons. The van der Waals surface area contributed by atoms with E-state index < -0.39 is 22.5 Å². The molecule has 3 aromatic rings. The summed E-state index contributed by atoms with van der Waals surface area (Å²) in [5.41, 5.74) is 1.71. The van der Waals surface area contributed by atoms with Crippen LogP contribution in [0.3, 0.4) is 0 Å². The van der Waals surface area contributed by atoms with Gasteiger partial charge in [0.1, 0.15) is 6.17 Å². The third-order valence-corrected chi connectivity index (χ3v) is 4.46. The SMILES string of the molecule is O=C1c2ccccc2N[C@@H](c2ccc([O-])c([N+](=O)[O-])c2)N1c1ccccc1. The molecule has 0 radical (unpaired) electrons. The Morgan fingerprint density at radius 1 is 0.963 bits per heavy atom. The Hall–Kier alpha value is -3.87. The number of benzene rings is 3. The average Bonchev–Trinajstić information content (AvgIpc) is 2.69. The third-order valence-electron chi connectivity index (χ3n) is 4.46. The second-order valence-corrected chi connectivity index (χ2v) is 6.09. The van der Waals surface area contributed by atoms with E-state index >= 15 is 0 Å². The van der Waals surface area contributed by atoms with Gasteiger partial charge < -0.3 is 10.4 Å². The van der Waals surface area contributed by atoms with Gasteiger partial charge in [-0.15, -0.1) is 0 Å². The first kappa shape index (κ1) is 16.6. The fourth-order valence-corrected chi connectivity index (χ4v) is 3.19. The first-order chi connectivity index (χ1) is 13.1. The highest BCUT2D eigenvalue weighted by Gasteiger charge is 2.34. The van der Waals surface area contributed by atoms with Gasteiger partial charge in [-0.05, 0) is 30.0 Å². The molecule has 27 heavy (non-hydrogen) atoms. The number of nitrogens with one attached hydrogen (secondary N) is 1. The van der Waals surface area contributed by atoms with E-state index in [1.807, 2.05) is 18.2 Å². The molecule has 1 amide bonds. The molecule has 0 unspecified atom stereocenters. The van der Waals surface area contributed by atoms with Crippen LogP contribution in [0.4, 0.5) is 17.1 Å². The minimum Gasteiger partial charge on any atom is -0.868 e. The topological polar surface area (TPSA) is 98.5 Å². The summed E-state index contributed by atoms with van der Waals surface area (Å²) < 4.78 is 0. The molecule has 0 aromatic heterocycles. The fourth-order valence-electron chi connectivity index (χ4n) is 3.19. The van der Waals surface area contributed by atoms with E-state index in [2.05, 4.69) is 5.32 Å². The van der Waals surface area contributed by atoms with Crippen LogP contribution in [-0.2, 0) is 0 Å². The summed E-state index contributed by atoms with van der Waals surface area (Å²) >= 11 is 0. The fraction of sp³-hybridized carbons (Fsp3) is 0.0500. The van der Waals surface area contributed by atoms with Crippen molar-refractivity contribution in [2.24, 2.45) is 0 Å². The molecule has 7 heteroatoms. The monoisotopic (exact) mass is 360 g/mol. The molecule has 0 saturated heterocycles. The molecule has 1 atom stereocenters. The van der Waals surface area contributed by atoms with Crippen molar-refractivity contribution in [3.63, 3.8) is 0 Å². The maximum Gasteiger partial charge on any atom is 0.262 e. The molecule has 0 spiro atoms. The Morgan fingerprint density at radius 2 is 1.67 bits per heavy atom. The molecule has 7 nitrogen and oxygen atoms in total. The third kappa shape index (κ3) is 2.85. The lowest BCUT2D eigenvalue weighted by Crippen LogP contribution is -2.43. The Bertz CT molecular complexity index is 1040. The minimum atomic E-state index is -0.711. The van der Waals surface area contributed by atoms with Gasteiger partial charge in [-0.1, -0.05) is 42.5 Å². The van der Waals surface area contributed by atoms with E-state index in [1.54, 1.807) is 36.4 Å². The molecule has 4 rings (SSSR count). The van der Waals surface area contributed by atoms with Crippen LogP contribution in [-0.4, -0.2) is 10.8 Å². The first-order valence-corrected chi connectivity index (χ1v) is 8.26. The Labute approximate surface area is 154 Å². The highest BCUT2D eigenvalue weighted by Crippen LogP contribution is 2.38. The van der Waals surface area contributed by atoms with Gasteiger partial charge in [0.25, 0.3) is 11.6 Å². The predicted molar refractivity (Wildman–Crippen MR) is 98.6 cm³/mol. The van der Waals surface area contributed by atoms with Crippen molar-refractivity contribution in [3.8, 4) is 5.75 Å². The molecular formula is C20H14N3O4-. The van der Waals surface area contributed by atoms with E-state index in [-0.39, 0.29) is 5.91 Å². The van der Waals surface area contributed by atoms with Crippen LogP contribution in [0.15, 0.2) is 72.8 Å². The molecule has 1 N–H and O–H groups in total. The van der Waals surface area contributed by atoms with Crippen molar-refractivity contribution < 1.29 is 14.8 Å². The Kier molecular flexibility index (Phi) is 3.97. The maximum absolute atomic E-state index is 13.2. The molecule has 0 saturated carbocycles. The number of amides is 1. The molecule has 0 bridgehead atoms. The number of nitro groups is 1. The number of rotatable bonds is 3. The number of hydrogen-bond acceptors (Lipinski definition) is 5. The van der Waals surface area contributed by atoms with Gasteiger partial charge in [0.15, 0.2) is 0 Å². The zero-order valence-electron chi connectivity index (χ0n) is 14.0. The average molecular weight is 360 g/mol. The number of nitro benzene ring substituents is 1. The van der Waals surface area contributed by atoms with Crippen LogP contribution in [0, 0.1) is 10.1 Å². The number of anilines is 2. The molecule has 3 aromatic carbocycles. The summed E-state index contributed by atoms with van der Waals surface area (Å²) in [6.07, 6.45) is -0.686. The van der Waals surface area contributed by atoms with Gasteiger partial charge >= 0.3 is 0 Å². The number of para-hydroxylation sites is 2. The smallest absolute Gasteiger partial charge is 0.262 e. The van der Waals surface area contributed by atoms with Crippen molar-refractivity contribution >= 4 is 23.0 Å². The summed E-state index contributed by atoms with van der Waals surface area (Å²) in [6, 6.07) is 20.0. The van der Waals surface area contributed by atoms with Crippen LogP contribution in [0.25, 0.3) is 0 Å². The van der Waals surface area contributed by atoms with Crippen LogP contribution in [0.1, 0.15) is 22.1 Å². The van der Waals surface area contributed by atoms with Crippen LogP contribution in [0.5, 0.6) is 5.75 Å². The predicted octanol–water partition coefficient (Wildman–Crippen LogP) is 3.44. The summed E-state index contributed by atoms with van der Waals surface area (Å²) in [7, 11) is 0. The van der Waals surface area contributed by atoms with Gasteiger partial charge in [0.2, 0.25) is 0 Å². The van der Waals surface area contributed by atoms with Crippen molar-refractivity contribution in [2.45, 2.75) is 6.17 Å². The second kappa shape index (κ2) is 6.45. The Morgan fingerprint density at radius 3 is 2.41 bits per heavy atom. The van der Waals surface area contributed by atoms with Gasteiger partial charge in [0.05, 0.1) is 10.5 Å². The molecule has 1 heterocycles. The van der Waals surface area contributed by atoms with Gasteiger partial charge in [0, 0.05) is 23.0 Å². The second-order valence-electron chi connectivity index (χ2n) is 6.09. The molecule has 0 fully saturated rings. The summed E-state index contributed by atoms with van der Waals surface area (Å²) in [4.78, 5) is 25.2. The van der Waals surface area contributed by atoms with E-state index in [0.29, 0.717) is 22.5 Å². The van der Waals surface area contributed by atoms with Crippen LogP contribution in [0.2, 0.25) is 0 Å². The van der Waals surface area contributed by atoms with Crippen molar-refractivity contribution in [2.75, 3.05) is 10.2 Å². The van der Waals surface area contributed by atoms with Crippen molar-refractivity contribution in [1.29, 1.82) is 0 Å². The molecule has 1 aliphatic rings. The number of fused-ring (bicyclic) bond motifs is 1. The van der Waals surface area contributed by atoms with E-state index in [0.717, 1.165) is 6.07 Å². The number of hydrogen-bond donors (Lipinski definition) is 1. The minimum absolute atomic E-state index is 0.227. The summed E-state index contributed by atoms with van der Waals surface area (Å²) in [5.74, 6) is -0.896. The lowest BCUT2D eigenvalue weighted by Gasteiger charge is -2.38. The standard InChI is InChI=1S/C20H15N3O4/c24-18-11-10-13(12-17(18)23(26)27)19-21-16-9-5-4-8-15(16)20(25)22(19)14-6-2-1-3-7-14/h1-12,19,21,24H/p-1/t19-/m1/s1. The largest absolute Gasteiger partial charge is 0.868 e. The van der Waals surface area contributed by atoms with Crippen LogP contribution >= 0.6 is 0 Å². The van der Waals surface area contributed by atoms with E-state index in [9.17, 15) is 20.0 Å². The number of carbonyl (C=O) groups excluding carboxylic acids is 1. The lowest BCUT2D eigenvalue weighted by molar-refractivity contribution is -0.398. The summed E-state index contributed by atoms with van der Waals surface area (Å²) in [5, 5.41) is 26.2. The maximum atomic E-state index is 13.2. The zero-order valence-corrected chi connectivity index (χ0v) is 14.0. The van der Waals surface area contributed by atoms with Crippen LogP contribution < -0.4 is 15.3 Å². The van der Waals surface area contributed by atoms with E-state index in [1.165, 1.54) is 17.0 Å². The quantitative estimate of drug-likeness (QED) is 0.570. The molecule has 0 aliphatic carbocycles. The first-order valence-electron chi connectivity index (χ1n) is 8.26. The van der Waals surface area contributed by atoms with Gasteiger partial charge in [-0.2, -0.15) is 0 Å². The van der Waals surface area contributed by atoms with Crippen molar-refractivity contribution in [1.82, 2.24) is 0 Å². The number of nitrogens with zero attached hydrogens (tertiary/aromatic N) is 2. The Balaban J connectivity index is 1.88. The van der Waals surface area contributed by atoms with E-state index in [4.69, 9.17) is 0 Å². The normalized spacial score (nSPS) is 15.8. The number of carbonyl (C=O) groups is 1. The molecular weight excluding hydrogens is 346 g/mol. The summed E-state index contributed by atoms with van der Waals surface area (Å²) in [6.45, 7) is 0. The highest BCUT2D eigenvalue weighted by atomic mass is 16.6. The van der Waals surface area contributed by atoms with Gasteiger partial charge in [-0.25, -0.2) is 0 Å². The zero-order chi connectivity index (χ0) is 19.0. The van der Waals surface area contributed by atoms with Gasteiger partial charge in [-0.3, -0.25) is 19.8 Å². The highest BCUT2D eigenvalue weighted by molar-refractivity contribution is 6.12.